The molecule has 2 aromatic rings. The van der Waals surface area contributed by atoms with E-state index in [1.807, 2.05) is 31.2 Å². The number of aromatic nitrogens is 1. The van der Waals surface area contributed by atoms with Crippen LogP contribution in [0.3, 0.4) is 0 Å². The molecule has 3 rings (SSSR count). The van der Waals surface area contributed by atoms with Crippen LogP contribution in [0.5, 0.6) is 0 Å². The summed E-state index contributed by atoms with van der Waals surface area (Å²) in [5, 5.41) is 6.39. The van der Waals surface area contributed by atoms with E-state index in [1.165, 1.54) is 24.1 Å². The van der Waals surface area contributed by atoms with Gasteiger partial charge in [-0.25, -0.2) is 0 Å². The summed E-state index contributed by atoms with van der Waals surface area (Å²) in [6, 6.07) is 12.2. The molecule has 1 unspecified atom stereocenters. The molecule has 5 heteroatoms. The number of rotatable bonds is 7. The third kappa shape index (κ3) is 5.29. The quantitative estimate of drug-likeness (QED) is 0.814. The minimum atomic E-state index is 0.0355. The Morgan fingerprint density at radius 1 is 1.20 bits per heavy atom. The largest absolute Gasteiger partial charge is 0.371 e. The number of hydrogen-bond donors (Lipinski definition) is 2. The fourth-order valence-electron chi connectivity index (χ4n) is 3.11. The highest BCUT2D eigenvalue weighted by atomic mass is 16.1. The predicted molar refractivity (Wildman–Crippen MR) is 102 cm³/mol. The van der Waals surface area contributed by atoms with Crippen molar-refractivity contribution in [3.8, 4) is 0 Å². The zero-order valence-electron chi connectivity index (χ0n) is 14.7. The number of benzene rings is 1. The van der Waals surface area contributed by atoms with Gasteiger partial charge in [-0.1, -0.05) is 6.07 Å². The maximum atomic E-state index is 12.3. The molecule has 1 aromatic heterocycles. The zero-order valence-corrected chi connectivity index (χ0v) is 14.7. The first kappa shape index (κ1) is 17.4. The van der Waals surface area contributed by atoms with E-state index in [4.69, 9.17) is 0 Å². The van der Waals surface area contributed by atoms with Gasteiger partial charge in [-0.3, -0.25) is 9.78 Å². The molecule has 1 amide bonds. The summed E-state index contributed by atoms with van der Waals surface area (Å²) in [6.45, 7) is 4.98. The highest BCUT2D eigenvalue weighted by Crippen LogP contribution is 2.23. The van der Waals surface area contributed by atoms with Gasteiger partial charge in [0, 0.05) is 55.9 Å². The molecule has 1 aliphatic heterocycles. The number of nitrogens with zero attached hydrogens (tertiary/aromatic N) is 2. The van der Waals surface area contributed by atoms with Gasteiger partial charge in [-0.05, 0) is 55.7 Å². The van der Waals surface area contributed by atoms with Crippen molar-refractivity contribution in [3.63, 3.8) is 0 Å². The third-order valence-electron chi connectivity index (χ3n) is 4.50. The van der Waals surface area contributed by atoms with E-state index in [0.29, 0.717) is 6.42 Å². The lowest BCUT2D eigenvalue weighted by atomic mass is 10.2. The van der Waals surface area contributed by atoms with Gasteiger partial charge in [-0.2, -0.15) is 0 Å². The molecule has 0 bridgehead atoms. The molecule has 0 spiro atoms. The number of pyridine rings is 1. The van der Waals surface area contributed by atoms with E-state index in [2.05, 4.69) is 32.7 Å². The van der Waals surface area contributed by atoms with Crippen molar-refractivity contribution >= 4 is 17.3 Å². The molecule has 2 heterocycles. The first-order valence-electron chi connectivity index (χ1n) is 8.98. The van der Waals surface area contributed by atoms with Crippen molar-refractivity contribution in [1.82, 2.24) is 10.3 Å². The molecule has 1 fully saturated rings. The second kappa shape index (κ2) is 8.62. The van der Waals surface area contributed by atoms with Crippen molar-refractivity contribution < 1.29 is 4.79 Å². The topological polar surface area (TPSA) is 57.3 Å². The number of anilines is 2. The van der Waals surface area contributed by atoms with Crippen LogP contribution in [0.15, 0.2) is 48.8 Å². The van der Waals surface area contributed by atoms with E-state index >= 15 is 0 Å². The first-order valence-corrected chi connectivity index (χ1v) is 8.98. The Hall–Kier alpha value is -2.40. The number of amides is 1. The molecule has 132 valence electrons. The van der Waals surface area contributed by atoms with Crippen LogP contribution in [-0.2, 0) is 11.3 Å². The lowest BCUT2D eigenvalue weighted by molar-refractivity contribution is -0.116. The summed E-state index contributed by atoms with van der Waals surface area (Å²) < 4.78 is 0. The zero-order chi connectivity index (χ0) is 17.5. The van der Waals surface area contributed by atoms with Gasteiger partial charge < -0.3 is 15.5 Å². The summed E-state index contributed by atoms with van der Waals surface area (Å²) in [5.41, 5.74) is 3.23. The van der Waals surface area contributed by atoms with Crippen molar-refractivity contribution in [1.29, 1.82) is 0 Å². The van der Waals surface area contributed by atoms with Gasteiger partial charge in [0.05, 0.1) is 0 Å². The molecular formula is C20H26N4O. The van der Waals surface area contributed by atoms with Gasteiger partial charge in [0.25, 0.3) is 0 Å². The average Bonchev–Trinajstić information content (AvgIpc) is 3.16. The van der Waals surface area contributed by atoms with Gasteiger partial charge in [0.2, 0.25) is 5.91 Å². The van der Waals surface area contributed by atoms with E-state index in [0.717, 1.165) is 25.3 Å². The maximum absolute atomic E-state index is 12.3. The molecule has 1 aromatic carbocycles. The number of carbonyl (C=O) groups excluding carboxylic acids is 1. The average molecular weight is 338 g/mol. The number of nitrogens with one attached hydrogen (secondary N) is 2. The second-order valence-corrected chi connectivity index (χ2v) is 6.63. The number of carbonyl (C=O) groups is 1. The van der Waals surface area contributed by atoms with Crippen LogP contribution >= 0.6 is 0 Å². The van der Waals surface area contributed by atoms with Crippen molar-refractivity contribution in [2.45, 2.75) is 38.8 Å². The lowest BCUT2D eigenvalue weighted by Gasteiger charge is -2.19. The summed E-state index contributed by atoms with van der Waals surface area (Å²) in [5.74, 6) is 0.0355. The van der Waals surface area contributed by atoms with Crippen LogP contribution < -0.4 is 15.5 Å². The minimum Gasteiger partial charge on any atom is -0.371 e. The molecule has 1 aliphatic rings. The van der Waals surface area contributed by atoms with Crippen LogP contribution in [-0.4, -0.2) is 30.0 Å². The van der Waals surface area contributed by atoms with Crippen LogP contribution in [0.4, 0.5) is 11.4 Å². The smallest absolute Gasteiger partial charge is 0.225 e. The molecule has 0 aliphatic carbocycles. The standard InChI is InChI=1S/C20H26N4O/c1-16(22-15-17-7-9-21-10-8-17)13-20(25)23-18-5-4-6-19(14-18)24-11-2-3-12-24/h4-10,14,16,22H,2-3,11-13,15H2,1H3,(H,23,25). The fraction of sp³-hybridized carbons (Fsp3) is 0.400. The highest BCUT2D eigenvalue weighted by molar-refractivity contribution is 5.91. The molecule has 25 heavy (non-hydrogen) atoms. The highest BCUT2D eigenvalue weighted by Gasteiger charge is 2.13. The summed E-state index contributed by atoms with van der Waals surface area (Å²) >= 11 is 0. The van der Waals surface area contributed by atoms with Crippen molar-refractivity contribution in [2.24, 2.45) is 0 Å². The Balaban J connectivity index is 1.47. The molecule has 5 nitrogen and oxygen atoms in total. The van der Waals surface area contributed by atoms with Gasteiger partial charge in [0.15, 0.2) is 0 Å². The van der Waals surface area contributed by atoms with Crippen LogP contribution in [0, 0.1) is 0 Å². The van der Waals surface area contributed by atoms with Gasteiger partial charge in [0.1, 0.15) is 0 Å². The second-order valence-electron chi connectivity index (χ2n) is 6.63. The van der Waals surface area contributed by atoms with E-state index in [1.54, 1.807) is 12.4 Å². The van der Waals surface area contributed by atoms with Gasteiger partial charge >= 0.3 is 0 Å². The van der Waals surface area contributed by atoms with E-state index in [9.17, 15) is 4.79 Å². The van der Waals surface area contributed by atoms with Crippen molar-refractivity contribution in [3.05, 3.63) is 54.4 Å². The summed E-state index contributed by atoms with van der Waals surface area (Å²) in [4.78, 5) is 18.7. The molecule has 1 atom stereocenters. The van der Waals surface area contributed by atoms with E-state index in [-0.39, 0.29) is 11.9 Å². The number of hydrogen-bond acceptors (Lipinski definition) is 4. The van der Waals surface area contributed by atoms with Crippen LogP contribution in [0.1, 0.15) is 31.7 Å². The first-order chi connectivity index (χ1) is 12.2. The SMILES string of the molecule is CC(CC(=O)Nc1cccc(N2CCCC2)c1)NCc1ccncc1. The summed E-state index contributed by atoms with van der Waals surface area (Å²) in [7, 11) is 0. The molecule has 0 radical (unpaired) electrons. The Morgan fingerprint density at radius 2 is 1.96 bits per heavy atom. The minimum absolute atomic E-state index is 0.0355. The Bertz CT molecular complexity index is 683. The van der Waals surface area contributed by atoms with Crippen LogP contribution in [0.2, 0.25) is 0 Å². The van der Waals surface area contributed by atoms with E-state index < -0.39 is 0 Å². The normalized spacial score (nSPS) is 15.2. The molecular weight excluding hydrogens is 312 g/mol. The molecule has 2 N–H and O–H groups in total. The Morgan fingerprint density at radius 3 is 2.72 bits per heavy atom. The predicted octanol–water partition coefficient (Wildman–Crippen LogP) is 3.19. The lowest BCUT2D eigenvalue weighted by Crippen LogP contribution is -2.30. The Labute approximate surface area is 149 Å². The summed E-state index contributed by atoms with van der Waals surface area (Å²) in [6.07, 6.45) is 6.50. The van der Waals surface area contributed by atoms with Crippen LogP contribution in [0.25, 0.3) is 0 Å². The maximum Gasteiger partial charge on any atom is 0.225 e. The van der Waals surface area contributed by atoms with Gasteiger partial charge in [-0.15, -0.1) is 0 Å². The Kier molecular flexibility index (Phi) is 6.01. The molecule has 1 saturated heterocycles. The molecule has 0 saturated carbocycles. The third-order valence-corrected chi connectivity index (χ3v) is 4.50. The van der Waals surface area contributed by atoms with Crippen molar-refractivity contribution in [2.75, 3.05) is 23.3 Å². The fourth-order valence-corrected chi connectivity index (χ4v) is 3.11. The monoisotopic (exact) mass is 338 g/mol.